The van der Waals surface area contributed by atoms with Crippen molar-refractivity contribution in [1.29, 1.82) is 0 Å². The van der Waals surface area contributed by atoms with E-state index in [4.69, 9.17) is 11.6 Å². The van der Waals surface area contributed by atoms with E-state index in [9.17, 15) is 0 Å². The van der Waals surface area contributed by atoms with Crippen LogP contribution in [0.3, 0.4) is 0 Å². The molecule has 3 heterocycles. The Hall–Kier alpha value is -2.44. The molecule has 1 N–H and O–H groups in total. The highest BCUT2D eigenvalue weighted by atomic mass is 79.9. The average molecular weight is 415 g/mol. The fourth-order valence-corrected chi connectivity index (χ4v) is 3.08. The third kappa shape index (κ3) is 3.36. The van der Waals surface area contributed by atoms with Gasteiger partial charge >= 0.3 is 0 Å². The molecule has 0 fully saturated rings. The lowest BCUT2D eigenvalue weighted by Crippen LogP contribution is -2.06. The average Bonchev–Trinajstić information content (AvgIpc) is 3.02. The third-order valence-electron chi connectivity index (χ3n) is 3.79. The molecule has 0 bridgehead atoms. The van der Waals surface area contributed by atoms with Gasteiger partial charge < -0.3 is 5.32 Å². The number of hydrogen-bond acceptors (Lipinski definition) is 4. The molecular weight excluding hydrogens is 402 g/mol. The second kappa shape index (κ2) is 6.82. The van der Waals surface area contributed by atoms with Gasteiger partial charge in [0.25, 0.3) is 0 Å². The van der Waals surface area contributed by atoms with E-state index < -0.39 is 0 Å². The highest BCUT2D eigenvalue weighted by Crippen LogP contribution is 2.23. The molecule has 0 amide bonds. The zero-order valence-corrected chi connectivity index (χ0v) is 15.4. The van der Waals surface area contributed by atoms with Crippen LogP contribution in [0.2, 0.25) is 5.15 Å². The lowest BCUT2D eigenvalue weighted by Gasteiger charge is -2.09. The van der Waals surface area contributed by atoms with Crippen molar-refractivity contribution in [2.24, 2.45) is 0 Å². The summed E-state index contributed by atoms with van der Waals surface area (Å²) in [4.78, 5) is 8.63. The quantitative estimate of drug-likeness (QED) is 0.486. The number of fused-ring (bicyclic) bond motifs is 1. The van der Waals surface area contributed by atoms with Gasteiger partial charge in [0.15, 0.2) is 5.65 Å². The van der Waals surface area contributed by atoms with Crippen LogP contribution in [-0.4, -0.2) is 19.6 Å². The fourth-order valence-electron chi connectivity index (χ4n) is 2.55. The Morgan fingerprint density at radius 1 is 1.12 bits per heavy atom. The van der Waals surface area contributed by atoms with E-state index in [1.54, 1.807) is 23.0 Å². The zero-order valence-electron chi connectivity index (χ0n) is 13.0. The second-order valence-corrected chi connectivity index (χ2v) is 6.70. The number of anilines is 1. The number of rotatable bonds is 4. The van der Waals surface area contributed by atoms with Crippen molar-refractivity contribution in [2.75, 3.05) is 5.32 Å². The van der Waals surface area contributed by atoms with Gasteiger partial charge in [-0.15, -0.1) is 0 Å². The summed E-state index contributed by atoms with van der Waals surface area (Å²) in [6, 6.07) is 16.0. The van der Waals surface area contributed by atoms with E-state index in [1.807, 2.05) is 18.2 Å². The van der Waals surface area contributed by atoms with E-state index >= 15 is 0 Å². The minimum Gasteiger partial charge on any atom is -0.366 e. The van der Waals surface area contributed by atoms with Gasteiger partial charge in [-0.25, -0.2) is 4.98 Å². The number of nitrogens with zero attached hydrogens (tertiary/aromatic N) is 4. The molecule has 1 aromatic carbocycles. The lowest BCUT2D eigenvalue weighted by molar-refractivity contribution is 0.925. The van der Waals surface area contributed by atoms with E-state index in [2.05, 4.69) is 60.6 Å². The molecule has 3 aromatic heterocycles. The summed E-state index contributed by atoms with van der Waals surface area (Å²) in [5.41, 5.74) is 3.88. The van der Waals surface area contributed by atoms with Crippen molar-refractivity contribution in [2.45, 2.75) is 6.54 Å². The summed E-state index contributed by atoms with van der Waals surface area (Å²) in [5.74, 6) is 0.787. The number of halogens is 2. The van der Waals surface area contributed by atoms with Crippen LogP contribution in [0.25, 0.3) is 16.9 Å². The monoisotopic (exact) mass is 413 g/mol. The summed E-state index contributed by atoms with van der Waals surface area (Å²) >= 11 is 9.53. The minimum absolute atomic E-state index is 0.418. The lowest BCUT2D eigenvalue weighted by atomic mass is 10.1. The molecule has 0 radical (unpaired) electrons. The van der Waals surface area contributed by atoms with Crippen LogP contribution in [-0.2, 0) is 6.54 Å². The maximum absolute atomic E-state index is 6.10. The third-order valence-corrected chi connectivity index (χ3v) is 4.54. The SMILES string of the molecule is Clc1cc(NCc2ccc(-c3ccccn3)cc2)n2ncc(Br)c2n1. The molecule has 0 aliphatic carbocycles. The first-order valence-corrected chi connectivity index (χ1v) is 8.82. The minimum atomic E-state index is 0.418. The van der Waals surface area contributed by atoms with E-state index in [0.717, 1.165) is 27.1 Å². The largest absolute Gasteiger partial charge is 0.366 e. The van der Waals surface area contributed by atoms with Gasteiger partial charge in [0.05, 0.1) is 16.4 Å². The molecule has 4 rings (SSSR count). The van der Waals surface area contributed by atoms with Crippen molar-refractivity contribution in [3.63, 3.8) is 0 Å². The van der Waals surface area contributed by atoms with E-state index in [1.165, 1.54) is 0 Å². The van der Waals surface area contributed by atoms with Crippen molar-refractivity contribution in [3.8, 4) is 11.3 Å². The van der Waals surface area contributed by atoms with Gasteiger partial charge in [-0.2, -0.15) is 9.61 Å². The zero-order chi connectivity index (χ0) is 17.2. The fraction of sp³-hybridized carbons (Fsp3) is 0.0556. The first-order chi connectivity index (χ1) is 12.2. The van der Waals surface area contributed by atoms with Crippen molar-refractivity contribution >= 4 is 39.0 Å². The molecule has 7 heteroatoms. The van der Waals surface area contributed by atoms with Crippen LogP contribution in [0, 0.1) is 0 Å². The first kappa shape index (κ1) is 16.1. The van der Waals surface area contributed by atoms with Crippen LogP contribution >= 0.6 is 27.5 Å². The van der Waals surface area contributed by atoms with Crippen LogP contribution < -0.4 is 5.32 Å². The Balaban J connectivity index is 1.54. The van der Waals surface area contributed by atoms with Crippen LogP contribution in [0.5, 0.6) is 0 Å². The molecular formula is C18H13BrClN5. The highest BCUT2D eigenvalue weighted by molar-refractivity contribution is 9.10. The van der Waals surface area contributed by atoms with Gasteiger partial charge in [0.1, 0.15) is 11.0 Å². The number of aromatic nitrogens is 4. The Kier molecular flexibility index (Phi) is 4.38. The maximum Gasteiger partial charge on any atom is 0.173 e. The van der Waals surface area contributed by atoms with Crippen LogP contribution in [0.15, 0.2) is 65.4 Å². The van der Waals surface area contributed by atoms with Gasteiger partial charge in [0, 0.05) is 24.4 Å². The summed E-state index contributed by atoms with van der Waals surface area (Å²) in [6.45, 7) is 0.648. The summed E-state index contributed by atoms with van der Waals surface area (Å²) in [5, 5.41) is 8.08. The number of hydrogen-bond donors (Lipinski definition) is 1. The normalized spacial score (nSPS) is 11.0. The number of nitrogens with one attached hydrogen (secondary N) is 1. The van der Waals surface area contributed by atoms with E-state index in [-0.39, 0.29) is 0 Å². The maximum atomic E-state index is 6.10. The predicted molar refractivity (Wildman–Crippen MR) is 103 cm³/mol. The molecule has 0 aliphatic rings. The van der Waals surface area contributed by atoms with Gasteiger partial charge in [-0.3, -0.25) is 4.98 Å². The Bertz CT molecular complexity index is 1020. The van der Waals surface area contributed by atoms with Crippen LogP contribution in [0.1, 0.15) is 5.56 Å². The van der Waals surface area contributed by atoms with E-state index in [0.29, 0.717) is 17.3 Å². The predicted octanol–water partition coefficient (Wildman–Crippen LogP) is 4.82. The topological polar surface area (TPSA) is 55.1 Å². The second-order valence-electron chi connectivity index (χ2n) is 5.46. The Morgan fingerprint density at radius 2 is 1.96 bits per heavy atom. The van der Waals surface area contributed by atoms with Crippen molar-refractivity contribution in [1.82, 2.24) is 19.6 Å². The molecule has 0 aliphatic heterocycles. The van der Waals surface area contributed by atoms with Gasteiger partial charge in [-0.1, -0.05) is 41.9 Å². The first-order valence-electron chi connectivity index (χ1n) is 7.65. The summed E-state index contributed by atoms with van der Waals surface area (Å²) in [7, 11) is 0. The summed E-state index contributed by atoms with van der Waals surface area (Å²) < 4.78 is 2.52. The number of pyridine rings is 1. The standard InChI is InChI=1S/C18H13BrClN5/c19-14-11-23-25-17(9-16(20)24-18(14)25)22-10-12-4-6-13(7-5-12)15-3-1-2-8-21-15/h1-9,11,22H,10H2. The smallest absolute Gasteiger partial charge is 0.173 e. The van der Waals surface area contributed by atoms with Crippen molar-refractivity contribution in [3.05, 3.63) is 76.1 Å². The Labute approximate surface area is 157 Å². The van der Waals surface area contributed by atoms with Gasteiger partial charge in [0.2, 0.25) is 0 Å². The highest BCUT2D eigenvalue weighted by Gasteiger charge is 2.09. The molecule has 0 saturated carbocycles. The molecule has 0 saturated heterocycles. The molecule has 5 nitrogen and oxygen atoms in total. The molecule has 0 spiro atoms. The summed E-state index contributed by atoms with van der Waals surface area (Å²) in [6.07, 6.45) is 3.50. The number of benzene rings is 1. The Morgan fingerprint density at radius 3 is 2.72 bits per heavy atom. The van der Waals surface area contributed by atoms with Gasteiger partial charge in [-0.05, 0) is 33.6 Å². The molecule has 0 atom stereocenters. The molecule has 124 valence electrons. The molecule has 0 unspecified atom stereocenters. The van der Waals surface area contributed by atoms with Crippen LogP contribution in [0.4, 0.5) is 5.82 Å². The molecule has 4 aromatic rings. The van der Waals surface area contributed by atoms with Crippen molar-refractivity contribution < 1.29 is 0 Å². The molecule has 25 heavy (non-hydrogen) atoms.